The van der Waals surface area contributed by atoms with E-state index in [0.29, 0.717) is 13.1 Å². The Balaban J connectivity index is 2.30. The van der Waals surface area contributed by atoms with Gasteiger partial charge in [-0.15, -0.1) is 0 Å². The highest BCUT2D eigenvalue weighted by Crippen LogP contribution is 2.10. The van der Waals surface area contributed by atoms with Crippen LogP contribution in [0.2, 0.25) is 5.02 Å². The van der Waals surface area contributed by atoms with Crippen LogP contribution < -0.4 is 11.1 Å². The second kappa shape index (κ2) is 7.30. The van der Waals surface area contributed by atoms with E-state index in [9.17, 15) is 4.79 Å². The Labute approximate surface area is 107 Å². The van der Waals surface area contributed by atoms with Gasteiger partial charge in [0.2, 0.25) is 5.91 Å². The third-order valence-electron chi connectivity index (χ3n) is 2.65. The minimum Gasteiger partial charge on any atom is -0.356 e. The Bertz CT molecular complexity index is 368. The van der Waals surface area contributed by atoms with Crippen LogP contribution in [-0.4, -0.2) is 19.0 Å². The van der Waals surface area contributed by atoms with E-state index in [1.807, 2.05) is 31.2 Å². The molecule has 0 aliphatic heterocycles. The zero-order valence-corrected chi connectivity index (χ0v) is 10.8. The van der Waals surface area contributed by atoms with E-state index >= 15 is 0 Å². The molecule has 0 aliphatic rings. The quantitative estimate of drug-likeness (QED) is 0.816. The smallest absolute Gasteiger partial charge is 0.222 e. The van der Waals surface area contributed by atoms with Crippen molar-refractivity contribution in [1.29, 1.82) is 0 Å². The van der Waals surface area contributed by atoms with Crippen molar-refractivity contribution >= 4 is 17.5 Å². The molecule has 0 heterocycles. The molecule has 1 aromatic rings. The summed E-state index contributed by atoms with van der Waals surface area (Å²) >= 11 is 5.88. The number of hydrogen-bond donors (Lipinski definition) is 2. The predicted octanol–water partition coefficient (Wildman–Crippen LogP) is 1.98. The molecule has 0 spiro atoms. The van der Waals surface area contributed by atoms with Crippen LogP contribution in [0, 0.1) is 5.92 Å². The first kappa shape index (κ1) is 14.0. The molecule has 0 aliphatic carbocycles. The summed E-state index contributed by atoms with van der Waals surface area (Å²) in [5, 5.41) is 3.62. The summed E-state index contributed by atoms with van der Waals surface area (Å²) in [6.45, 7) is 3.07. The van der Waals surface area contributed by atoms with Crippen molar-refractivity contribution < 1.29 is 4.79 Å². The number of rotatable bonds is 6. The van der Waals surface area contributed by atoms with Gasteiger partial charge in [0.1, 0.15) is 0 Å². The van der Waals surface area contributed by atoms with E-state index in [4.69, 9.17) is 17.3 Å². The van der Waals surface area contributed by atoms with Crippen LogP contribution in [0.1, 0.15) is 18.9 Å². The van der Waals surface area contributed by atoms with Gasteiger partial charge in [-0.25, -0.2) is 0 Å². The zero-order chi connectivity index (χ0) is 12.7. The fraction of sp³-hybridized carbons (Fsp3) is 0.462. The lowest BCUT2D eigenvalue weighted by Crippen LogP contribution is -2.31. The highest BCUT2D eigenvalue weighted by molar-refractivity contribution is 6.30. The molecule has 1 atom stereocenters. The lowest BCUT2D eigenvalue weighted by atomic mass is 10.1. The zero-order valence-electron chi connectivity index (χ0n) is 10.1. The van der Waals surface area contributed by atoms with Crippen LogP contribution in [0.5, 0.6) is 0 Å². The third kappa shape index (κ3) is 5.20. The van der Waals surface area contributed by atoms with E-state index in [-0.39, 0.29) is 11.8 Å². The highest BCUT2D eigenvalue weighted by Gasteiger charge is 2.10. The number of amides is 1. The largest absolute Gasteiger partial charge is 0.356 e. The summed E-state index contributed by atoms with van der Waals surface area (Å²) in [6.07, 6.45) is 1.52. The van der Waals surface area contributed by atoms with Crippen molar-refractivity contribution in [3.8, 4) is 0 Å². The molecule has 1 unspecified atom stereocenters. The molecule has 1 rings (SSSR count). The maximum atomic E-state index is 11.6. The van der Waals surface area contributed by atoms with Crippen LogP contribution in [0.3, 0.4) is 0 Å². The first-order chi connectivity index (χ1) is 8.13. The minimum atomic E-state index is -0.0145. The monoisotopic (exact) mass is 254 g/mol. The van der Waals surface area contributed by atoms with E-state index in [2.05, 4.69) is 5.32 Å². The topological polar surface area (TPSA) is 55.1 Å². The van der Waals surface area contributed by atoms with E-state index in [1.54, 1.807) is 0 Å². The fourth-order valence-electron chi connectivity index (χ4n) is 1.58. The molecule has 94 valence electrons. The SMILES string of the molecule is CC(CCN)C(=O)NCCc1cccc(Cl)c1. The Morgan fingerprint density at radius 1 is 1.53 bits per heavy atom. The van der Waals surface area contributed by atoms with Crippen LogP contribution in [0.4, 0.5) is 0 Å². The van der Waals surface area contributed by atoms with Gasteiger partial charge in [0, 0.05) is 17.5 Å². The summed E-state index contributed by atoms with van der Waals surface area (Å²) < 4.78 is 0. The number of carbonyl (C=O) groups excluding carboxylic acids is 1. The molecule has 0 radical (unpaired) electrons. The van der Waals surface area contributed by atoms with E-state index in [0.717, 1.165) is 23.4 Å². The van der Waals surface area contributed by atoms with Gasteiger partial charge in [-0.05, 0) is 37.1 Å². The van der Waals surface area contributed by atoms with Gasteiger partial charge in [-0.2, -0.15) is 0 Å². The summed E-state index contributed by atoms with van der Waals surface area (Å²) in [4.78, 5) is 11.6. The second-order valence-electron chi connectivity index (χ2n) is 4.15. The van der Waals surface area contributed by atoms with Gasteiger partial charge in [-0.3, -0.25) is 4.79 Å². The Morgan fingerprint density at radius 2 is 2.29 bits per heavy atom. The maximum absolute atomic E-state index is 11.6. The predicted molar refractivity (Wildman–Crippen MR) is 71.0 cm³/mol. The highest BCUT2D eigenvalue weighted by atomic mass is 35.5. The van der Waals surface area contributed by atoms with Crippen LogP contribution >= 0.6 is 11.6 Å². The molecule has 1 aromatic carbocycles. The summed E-state index contributed by atoms with van der Waals surface area (Å²) in [6, 6.07) is 7.67. The molecule has 1 amide bonds. The molecular weight excluding hydrogens is 236 g/mol. The number of benzene rings is 1. The molecule has 3 nitrogen and oxygen atoms in total. The number of carbonyl (C=O) groups is 1. The summed E-state index contributed by atoms with van der Waals surface area (Å²) in [5.74, 6) is 0.0526. The molecule has 0 saturated carbocycles. The number of nitrogens with one attached hydrogen (secondary N) is 1. The van der Waals surface area contributed by atoms with Crippen molar-refractivity contribution in [3.63, 3.8) is 0 Å². The average Bonchev–Trinajstić information content (AvgIpc) is 2.29. The molecular formula is C13H19ClN2O. The number of nitrogens with two attached hydrogens (primary N) is 1. The first-order valence-corrected chi connectivity index (χ1v) is 6.23. The van der Waals surface area contributed by atoms with Crippen LogP contribution in [-0.2, 0) is 11.2 Å². The van der Waals surface area contributed by atoms with Gasteiger partial charge in [0.05, 0.1) is 0 Å². The van der Waals surface area contributed by atoms with Crippen molar-refractivity contribution in [2.45, 2.75) is 19.8 Å². The third-order valence-corrected chi connectivity index (χ3v) is 2.88. The van der Waals surface area contributed by atoms with Gasteiger partial charge in [-0.1, -0.05) is 30.7 Å². The second-order valence-corrected chi connectivity index (χ2v) is 4.59. The average molecular weight is 255 g/mol. The summed E-state index contributed by atoms with van der Waals surface area (Å²) in [7, 11) is 0. The first-order valence-electron chi connectivity index (χ1n) is 5.85. The van der Waals surface area contributed by atoms with Crippen molar-refractivity contribution in [1.82, 2.24) is 5.32 Å². The molecule has 0 saturated heterocycles. The molecule has 0 bridgehead atoms. The Hall–Kier alpha value is -1.06. The van der Waals surface area contributed by atoms with E-state index < -0.39 is 0 Å². The van der Waals surface area contributed by atoms with E-state index in [1.165, 1.54) is 0 Å². The van der Waals surface area contributed by atoms with Crippen molar-refractivity contribution in [2.24, 2.45) is 11.7 Å². The van der Waals surface area contributed by atoms with Crippen LogP contribution in [0.15, 0.2) is 24.3 Å². The van der Waals surface area contributed by atoms with Gasteiger partial charge in [0.25, 0.3) is 0 Å². The molecule has 4 heteroatoms. The number of hydrogen-bond acceptors (Lipinski definition) is 2. The summed E-state index contributed by atoms with van der Waals surface area (Å²) in [5.41, 5.74) is 6.54. The molecule has 17 heavy (non-hydrogen) atoms. The number of halogens is 1. The van der Waals surface area contributed by atoms with Crippen molar-refractivity contribution in [2.75, 3.05) is 13.1 Å². The minimum absolute atomic E-state index is 0.0145. The fourth-order valence-corrected chi connectivity index (χ4v) is 1.79. The van der Waals surface area contributed by atoms with Gasteiger partial charge in [0.15, 0.2) is 0 Å². The standard InChI is InChI=1S/C13H19ClN2O/c1-10(5-7-15)13(17)16-8-6-11-3-2-4-12(14)9-11/h2-4,9-10H,5-8,15H2,1H3,(H,16,17). The molecule has 0 aromatic heterocycles. The molecule has 3 N–H and O–H groups in total. The Morgan fingerprint density at radius 3 is 2.94 bits per heavy atom. The lowest BCUT2D eigenvalue weighted by Gasteiger charge is -2.10. The normalized spacial score (nSPS) is 12.2. The maximum Gasteiger partial charge on any atom is 0.222 e. The van der Waals surface area contributed by atoms with Crippen LogP contribution in [0.25, 0.3) is 0 Å². The lowest BCUT2D eigenvalue weighted by molar-refractivity contribution is -0.124. The van der Waals surface area contributed by atoms with Gasteiger partial charge < -0.3 is 11.1 Å². The molecule has 0 fully saturated rings. The Kier molecular flexibility index (Phi) is 6.01. The van der Waals surface area contributed by atoms with Gasteiger partial charge >= 0.3 is 0 Å². The van der Waals surface area contributed by atoms with Crippen molar-refractivity contribution in [3.05, 3.63) is 34.9 Å².